The quantitative estimate of drug-likeness (QED) is 0.481. The molecular formula is C9H12O4. The van der Waals surface area contributed by atoms with Crippen molar-refractivity contribution < 1.29 is 19.1 Å². The number of cyclic esters (lactones) is 1. The zero-order valence-electron chi connectivity index (χ0n) is 7.54. The molecule has 1 fully saturated rings. The number of hydrogen-bond acceptors (Lipinski definition) is 4. The Bertz CT molecular complexity index is 246. The zero-order valence-corrected chi connectivity index (χ0v) is 7.54. The van der Waals surface area contributed by atoms with Crippen LogP contribution in [0.4, 0.5) is 0 Å². The third kappa shape index (κ3) is 2.08. The summed E-state index contributed by atoms with van der Waals surface area (Å²) in [5.41, 5.74) is -0.762. The lowest BCUT2D eigenvalue weighted by atomic mass is 10.00. The molecule has 1 aliphatic rings. The Morgan fingerprint density at radius 3 is 2.92 bits per heavy atom. The molecule has 1 heterocycles. The van der Waals surface area contributed by atoms with Crippen LogP contribution in [0.1, 0.15) is 19.8 Å². The molecule has 0 spiro atoms. The third-order valence-corrected chi connectivity index (χ3v) is 2.09. The Morgan fingerprint density at radius 2 is 2.54 bits per heavy atom. The molecule has 1 rings (SSSR count). The maximum atomic E-state index is 10.9. The summed E-state index contributed by atoms with van der Waals surface area (Å²) in [6.45, 7) is 5.29. The Kier molecular flexibility index (Phi) is 2.70. The van der Waals surface area contributed by atoms with Gasteiger partial charge in [0.05, 0.1) is 6.42 Å². The fraction of sp³-hybridized carbons (Fsp3) is 0.556. The van der Waals surface area contributed by atoms with Crippen molar-refractivity contribution in [1.82, 2.24) is 0 Å². The molecule has 0 aliphatic carbocycles. The molecule has 0 aromatic heterocycles. The topological polar surface area (TPSA) is 52.6 Å². The average Bonchev–Trinajstić information content (AvgIpc) is 2.48. The molecular weight excluding hydrogens is 172 g/mol. The summed E-state index contributed by atoms with van der Waals surface area (Å²) in [4.78, 5) is 21.8. The first-order valence-electron chi connectivity index (χ1n) is 4.13. The highest BCUT2D eigenvalue weighted by molar-refractivity contribution is 5.82. The van der Waals surface area contributed by atoms with E-state index in [9.17, 15) is 9.59 Å². The minimum atomic E-state index is -0.762. The second-order valence-electron chi connectivity index (χ2n) is 3.00. The van der Waals surface area contributed by atoms with Gasteiger partial charge in [0.25, 0.3) is 0 Å². The largest absolute Gasteiger partial charge is 0.461 e. The van der Waals surface area contributed by atoms with Crippen molar-refractivity contribution in [2.75, 3.05) is 6.61 Å². The number of carbonyl (C=O) groups excluding carboxylic acids is 2. The van der Waals surface area contributed by atoms with Crippen LogP contribution in [0.3, 0.4) is 0 Å². The number of rotatable bonds is 3. The van der Waals surface area contributed by atoms with Gasteiger partial charge in [-0.25, -0.2) is 4.79 Å². The van der Waals surface area contributed by atoms with Crippen LogP contribution in [0.25, 0.3) is 0 Å². The molecule has 0 N–H and O–H groups in total. The maximum absolute atomic E-state index is 10.9. The second-order valence-corrected chi connectivity index (χ2v) is 3.00. The number of carbonyl (C=O) groups is 2. The van der Waals surface area contributed by atoms with Crippen molar-refractivity contribution in [1.29, 1.82) is 0 Å². The maximum Gasteiger partial charge on any atom is 0.330 e. The summed E-state index contributed by atoms with van der Waals surface area (Å²) >= 11 is 0. The van der Waals surface area contributed by atoms with E-state index in [1.165, 1.54) is 0 Å². The molecule has 0 bridgehead atoms. The molecule has 1 atom stereocenters. The normalized spacial score (nSPS) is 26.7. The molecule has 1 aliphatic heterocycles. The highest BCUT2D eigenvalue weighted by atomic mass is 16.6. The lowest BCUT2D eigenvalue weighted by molar-refractivity contribution is -0.154. The number of hydrogen-bond donors (Lipinski definition) is 0. The molecule has 1 saturated heterocycles. The minimum Gasteiger partial charge on any atom is -0.461 e. The van der Waals surface area contributed by atoms with Crippen molar-refractivity contribution in [2.45, 2.75) is 25.4 Å². The number of ether oxygens (including phenoxy) is 2. The van der Waals surface area contributed by atoms with Crippen molar-refractivity contribution in [3.8, 4) is 0 Å². The summed E-state index contributed by atoms with van der Waals surface area (Å²) in [5.74, 6) is -0.834. The van der Waals surface area contributed by atoms with E-state index in [1.54, 1.807) is 0 Å². The molecule has 72 valence electrons. The summed E-state index contributed by atoms with van der Waals surface area (Å²) in [5, 5.41) is 0. The van der Waals surface area contributed by atoms with E-state index >= 15 is 0 Å². The summed E-state index contributed by atoms with van der Waals surface area (Å²) in [6, 6.07) is 0. The molecule has 0 saturated carbocycles. The Hall–Kier alpha value is -1.32. The summed E-state index contributed by atoms with van der Waals surface area (Å²) in [6.07, 6.45) is 1.79. The van der Waals surface area contributed by atoms with Gasteiger partial charge in [0.2, 0.25) is 0 Å². The van der Waals surface area contributed by atoms with Gasteiger partial charge in [0, 0.05) is 6.08 Å². The smallest absolute Gasteiger partial charge is 0.330 e. The van der Waals surface area contributed by atoms with Crippen LogP contribution in [0, 0.1) is 0 Å². The average molecular weight is 184 g/mol. The van der Waals surface area contributed by atoms with Gasteiger partial charge in [-0.1, -0.05) is 13.5 Å². The van der Waals surface area contributed by atoms with E-state index in [0.717, 1.165) is 6.08 Å². The van der Waals surface area contributed by atoms with Crippen LogP contribution in [-0.4, -0.2) is 24.1 Å². The molecule has 0 radical (unpaired) electrons. The van der Waals surface area contributed by atoms with Gasteiger partial charge < -0.3 is 9.47 Å². The molecule has 0 aromatic rings. The molecule has 4 heteroatoms. The lowest BCUT2D eigenvalue weighted by Gasteiger charge is -2.23. The third-order valence-electron chi connectivity index (χ3n) is 2.09. The summed E-state index contributed by atoms with van der Waals surface area (Å²) < 4.78 is 9.82. The lowest BCUT2D eigenvalue weighted by Crippen LogP contribution is -2.34. The van der Waals surface area contributed by atoms with Gasteiger partial charge in [0.1, 0.15) is 6.61 Å². The predicted molar refractivity (Wildman–Crippen MR) is 44.9 cm³/mol. The Balaban J connectivity index is 2.65. The van der Waals surface area contributed by atoms with Gasteiger partial charge in [-0.3, -0.25) is 4.79 Å². The van der Waals surface area contributed by atoms with E-state index in [-0.39, 0.29) is 19.0 Å². The van der Waals surface area contributed by atoms with E-state index in [0.29, 0.717) is 6.42 Å². The van der Waals surface area contributed by atoms with E-state index in [2.05, 4.69) is 6.58 Å². The van der Waals surface area contributed by atoms with Crippen LogP contribution in [0.2, 0.25) is 0 Å². The van der Waals surface area contributed by atoms with Crippen LogP contribution >= 0.6 is 0 Å². The van der Waals surface area contributed by atoms with Crippen LogP contribution in [0.5, 0.6) is 0 Å². The van der Waals surface area contributed by atoms with Gasteiger partial charge in [-0.2, -0.15) is 0 Å². The van der Waals surface area contributed by atoms with E-state index in [4.69, 9.17) is 9.47 Å². The first kappa shape index (κ1) is 9.77. The highest BCUT2D eigenvalue weighted by Gasteiger charge is 2.42. The van der Waals surface area contributed by atoms with Crippen LogP contribution in [0.15, 0.2) is 12.7 Å². The Morgan fingerprint density at radius 1 is 1.85 bits per heavy atom. The van der Waals surface area contributed by atoms with Crippen molar-refractivity contribution >= 4 is 11.9 Å². The molecule has 1 unspecified atom stereocenters. The molecule has 0 aromatic carbocycles. The fourth-order valence-corrected chi connectivity index (χ4v) is 1.20. The molecule has 13 heavy (non-hydrogen) atoms. The fourth-order valence-electron chi connectivity index (χ4n) is 1.20. The minimum absolute atomic E-state index is 0.142. The molecule has 4 nitrogen and oxygen atoms in total. The van der Waals surface area contributed by atoms with Gasteiger partial charge in [-0.05, 0) is 6.42 Å². The van der Waals surface area contributed by atoms with Gasteiger partial charge in [-0.15, -0.1) is 0 Å². The first-order chi connectivity index (χ1) is 6.12. The van der Waals surface area contributed by atoms with Crippen molar-refractivity contribution in [2.24, 2.45) is 0 Å². The van der Waals surface area contributed by atoms with E-state index < -0.39 is 11.6 Å². The SMILES string of the molecule is C=CC(=O)OC1(CC)COC(=O)C1. The predicted octanol–water partition coefficient (Wildman–Crippen LogP) is 0.811. The van der Waals surface area contributed by atoms with Crippen LogP contribution < -0.4 is 0 Å². The van der Waals surface area contributed by atoms with Gasteiger partial charge >= 0.3 is 11.9 Å². The van der Waals surface area contributed by atoms with E-state index in [1.807, 2.05) is 6.92 Å². The highest BCUT2D eigenvalue weighted by Crippen LogP contribution is 2.27. The second kappa shape index (κ2) is 3.60. The van der Waals surface area contributed by atoms with Gasteiger partial charge in [0.15, 0.2) is 5.60 Å². The summed E-state index contributed by atoms with van der Waals surface area (Å²) in [7, 11) is 0. The van der Waals surface area contributed by atoms with Crippen molar-refractivity contribution in [3.63, 3.8) is 0 Å². The standard InChI is InChI=1S/C9H12O4/c1-3-7(10)13-9(4-2)5-8(11)12-6-9/h3H,1,4-6H2,2H3. The monoisotopic (exact) mass is 184 g/mol. The number of esters is 2. The zero-order chi connectivity index (χ0) is 9.90. The Labute approximate surface area is 76.5 Å². The van der Waals surface area contributed by atoms with Crippen molar-refractivity contribution in [3.05, 3.63) is 12.7 Å². The first-order valence-corrected chi connectivity index (χ1v) is 4.13. The molecule has 0 amide bonds. The van der Waals surface area contributed by atoms with Crippen LogP contribution in [-0.2, 0) is 19.1 Å².